The number of benzene rings is 2. The van der Waals surface area contributed by atoms with Crippen LogP contribution in [-0.4, -0.2) is 34.6 Å². The van der Waals surface area contributed by atoms with Gasteiger partial charge in [0.15, 0.2) is 5.75 Å². The largest absolute Gasteiger partial charge is 0.490 e. The topological polar surface area (TPSA) is 81.7 Å². The molecule has 0 heterocycles. The SMILES string of the molecule is CCOc1c(NCC(=O)OC)cccc1S(=O)(=O)c1ccc(C)cc1. The van der Waals surface area contributed by atoms with Crippen molar-refractivity contribution in [3.8, 4) is 5.75 Å². The van der Waals surface area contributed by atoms with Gasteiger partial charge in [-0.25, -0.2) is 8.42 Å². The van der Waals surface area contributed by atoms with Crippen LogP contribution in [0.4, 0.5) is 5.69 Å². The summed E-state index contributed by atoms with van der Waals surface area (Å²) < 4.78 is 36.1. The highest BCUT2D eigenvalue weighted by Crippen LogP contribution is 2.35. The Kier molecular flexibility index (Phi) is 6.03. The molecule has 0 atom stereocenters. The summed E-state index contributed by atoms with van der Waals surface area (Å²) in [5.74, 6) is -0.274. The van der Waals surface area contributed by atoms with Gasteiger partial charge in [0.2, 0.25) is 9.84 Å². The van der Waals surface area contributed by atoms with E-state index in [9.17, 15) is 13.2 Å². The van der Waals surface area contributed by atoms with Gasteiger partial charge in [-0.15, -0.1) is 0 Å². The summed E-state index contributed by atoms with van der Waals surface area (Å²) in [5.41, 5.74) is 1.39. The van der Waals surface area contributed by atoms with Crippen LogP contribution in [0.3, 0.4) is 0 Å². The van der Waals surface area contributed by atoms with Gasteiger partial charge in [-0.3, -0.25) is 4.79 Å². The molecule has 0 aliphatic rings. The lowest BCUT2D eigenvalue weighted by atomic mass is 10.2. The first-order chi connectivity index (χ1) is 11.9. The number of sulfone groups is 1. The number of nitrogens with one attached hydrogen (secondary N) is 1. The summed E-state index contributed by atoms with van der Waals surface area (Å²) in [7, 11) is -2.47. The van der Waals surface area contributed by atoms with Crippen molar-refractivity contribution >= 4 is 21.5 Å². The van der Waals surface area contributed by atoms with E-state index in [1.54, 1.807) is 43.3 Å². The molecule has 7 heteroatoms. The highest BCUT2D eigenvalue weighted by Gasteiger charge is 2.24. The molecule has 0 fully saturated rings. The van der Waals surface area contributed by atoms with Gasteiger partial charge in [0.05, 0.1) is 24.3 Å². The number of carbonyl (C=O) groups excluding carboxylic acids is 1. The molecule has 0 amide bonds. The van der Waals surface area contributed by atoms with Crippen LogP contribution in [0.1, 0.15) is 12.5 Å². The summed E-state index contributed by atoms with van der Waals surface area (Å²) >= 11 is 0. The molecule has 2 rings (SSSR count). The predicted molar refractivity (Wildman–Crippen MR) is 94.7 cm³/mol. The number of ether oxygens (including phenoxy) is 2. The number of rotatable bonds is 7. The lowest BCUT2D eigenvalue weighted by molar-refractivity contribution is -0.138. The van der Waals surface area contributed by atoms with Crippen LogP contribution in [0, 0.1) is 6.92 Å². The van der Waals surface area contributed by atoms with E-state index in [0.717, 1.165) is 5.56 Å². The van der Waals surface area contributed by atoms with Crippen LogP contribution in [0.25, 0.3) is 0 Å². The van der Waals surface area contributed by atoms with Crippen LogP contribution in [0.5, 0.6) is 5.75 Å². The third-order valence-electron chi connectivity index (χ3n) is 3.54. The molecule has 2 aromatic rings. The minimum absolute atomic E-state index is 0.0491. The number of para-hydroxylation sites is 1. The molecule has 0 bridgehead atoms. The number of esters is 1. The molecule has 25 heavy (non-hydrogen) atoms. The van der Waals surface area contributed by atoms with Crippen LogP contribution < -0.4 is 10.1 Å². The summed E-state index contributed by atoms with van der Waals surface area (Å²) in [5, 5.41) is 2.86. The Bertz CT molecular complexity index is 844. The van der Waals surface area contributed by atoms with Gasteiger partial charge in [0.25, 0.3) is 0 Å². The molecule has 0 aromatic heterocycles. The Labute approximate surface area is 147 Å². The standard InChI is InChI=1S/C18H21NO5S/c1-4-24-18-15(19-12-17(20)23-3)6-5-7-16(18)25(21,22)14-10-8-13(2)9-11-14/h5-11,19H,4,12H2,1-3H3. The first-order valence-electron chi connectivity index (χ1n) is 7.78. The summed E-state index contributed by atoms with van der Waals surface area (Å²) in [6, 6.07) is 11.4. The monoisotopic (exact) mass is 363 g/mol. The molecule has 0 spiro atoms. The first kappa shape index (κ1) is 18.8. The van der Waals surface area contributed by atoms with E-state index in [-0.39, 0.29) is 28.7 Å². The summed E-state index contributed by atoms with van der Waals surface area (Å²) in [6.45, 7) is 3.84. The Morgan fingerprint density at radius 3 is 2.40 bits per heavy atom. The third-order valence-corrected chi connectivity index (χ3v) is 5.33. The molecule has 0 aliphatic carbocycles. The second-order valence-corrected chi connectivity index (χ2v) is 7.23. The second kappa shape index (κ2) is 8.02. The van der Waals surface area contributed by atoms with Crippen molar-refractivity contribution < 1.29 is 22.7 Å². The van der Waals surface area contributed by atoms with Crippen molar-refractivity contribution in [1.29, 1.82) is 0 Å². The maximum absolute atomic E-state index is 13.0. The van der Waals surface area contributed by atoms with Crippen LogP contribution >= 0.6 is 0 Å². The molecule has 0 saturated heterocycles. The zero-order valence-corrected chi connectivity index (χ0v) is 15.2. The fourth-order valence-electron chi connectivity index (χ4n) is 2.24. The number of hydrogen-bond donors (Lipinski definition) is 1. The Morgan fingerprint density at radius 1 is 1.12 bits per heavy atom. The van der Waals surface area contributed by atoms with E-state index in [4.69, 9.17) is 4.74 Å². The predicted octanol–water partition coefficient (Wildman–Crippen LogP) is 2.81. The smallest absolute Gasteiger partial charge is 0.325 e. The molecular formula is C18H21NO5S. The van der Waals surface area contributed by atoms with E-state index in [1.165, 1.54) is 13.2 Å². The van der Waals surface area contributed by atoms with E-state index < -0.39 is 15.8 Å². The Morgan fingerprint density at radius 2 is 1.80 bits per heavy atom. The average Bonchev–Trinajstić information content (AvgIpc) is 2.60. The van der Waals surface area contributed by atoms with Gasteiger partial charge in [-0.2, -0.15) is 0 Å². The van der Waals surface area contributed by atoms with E-state index >= 15 is 0 Å². The molecule has 134 valence electrons. The zero-order chi connectivity index (χ0) is 18.4. The normalized spacial score (nSPS) is 11.0. The lowest BCUT2D eigenvalue weighted by Gasteiger charge is -2.16. The number of hydrogen-bond acceptors (Lipinski definition) is 6. The fourth-order valence-corrected chi connectivity index (χ4v) is 3.66. The van der Waals surface area contributed by atoms with Gasteiger partial charge in [0.1, 0.15) is 11.4 Å². The van der Waals surface area contributed by atoms with Crippen molar-refractivity contribution in [2.45, 2.75) is 23.6 Å². The maximum atomic E-state index is 13.0. The number of aryl methyl sites for hydroxylation is 1. The molecule has 1 N–H and O–H groups in total. The molecular weight excluding hydrogens is 342 g/mol. The molecule has 0 aliphatic heterocycles. The van der Waals surface area contributed by atoms with E-state index in [1.807, 2.05) is 6.92 Å². The van der Waals surface area contributed by atoms with Crippen molar-refractivity contribution in [3.63, 3.8) is 0 Å². The lowest BCUT2D eigenvalue weighted by Crippen LogP contribution is -2.16. The number of methoxy groups -OCH3 is 1. The Balaban J connectivity index is 2.49. The van der Waals surface area contributed by atoms with Crippen molar-refractivity contribution in [1.82, 2.24) is 0 Å². The molecule has 0 saturated carbocycles. The van der Waals surface area contributed by atoms with Gasteiger partial charge >= 0.3 is 5.97 Å². The number of carbonyl (C=O) groups is 1. The number of anilines is 1. The van der Waals surface area contributed by atoms with Crippen molar-refractivity contribution in [2.75, 3.05) is 25.6 Å². The Hall–Kier alpha value is -2.54. The van der Waals surface area contributed by atoms with Gasteiger partial charge in [-0.1, -0.05) is 23.8 Å². The van der Waals surface area contributed by atoms with Crippen LogP contribution in [-0.2, 0) is 19.4 Å². The fraction of sp³-hybridized carbons (Fsp3) is 0.278. The summed E-state index contributed by atoms with van der Waals surface area (Å²) in [6.07, 6.45) is 0. The zero-order valence-electron chi connectivity index (χ0n) is 14.4. The molecule has 6 nitrogen and oxygen atoms in total. The minimum Gasteiger partial charge on any atom is -0.490 e. The van der Waals surface area contributed by atoms with Gasteiger partial charge < -0.3 is 14.8 Å². The van der Waals surface area contributed by atoms with Crippen molar-refractivity contribution in [3.05, 3.63) is 48.0 Å². The van der Waals surface area contributed by atoms with Crippen molar-refractivity contribution in [2.24, 2.45) is 0 Å². The first-order valence-corrected chi connectivity index (χ1v) is 9.26. The average molecular weight is 363 g/mol. The van der Waals surface area contributed by atoms with E-state index in [0.29, 0.717) is 5.69 Å². The highest BCUT2D eigenvalue weighted by molar-refractivity contribution is 7.91. The summed E-state index contributed by atoms with van der Waals surface area (Å²) in [4.78, 5) is 11.6. The quantitative estimate of drug-likeness (QED) is 0.762. The van der Waals surface area contributed by atoms with Crippen LogP contribution in [0.2, 0.25) is 0 Å². The maximum Gasteiger partial charge on any atom is 0.325 e. The highest BCUT2D eigenvalue weighted by atomic mass is 32.2. The molecule has 2 aromatic carbocycles. The molecule has 0 unspecified atom stereocenters. The second-order valence-electron chi connectivity index (χ2n) is 5.31. The van der Waals surface area contributed by atoms with Crippen LogP contribution in [0.15, 0.2) is 52.3 Å². The minimum atomic E-state index is -3.76. The molecule has 0 radical (unpaired) electrons. The van der Waals surface area contributed by atoms with E-state index in [2.05, 4.69) is 10.1 Å². The third kappa shape index (κ3) is 4.30. The van der Waals surface area contributed by atoms with Gasteiger partial charge in [0, 0.05) is 0 Å². The van der Waals surface area contributed by atoms with Gasteiger partial charge in [-0.05, 0) is 38.1 Å².